The van der Waals surface area contributed by atoms with E-state index in [2.05, 4.69) is 15.3 Å². The number of carbonyl (C=O) groups excluding carboxylic acids is 1. The van der Waals surface area contributed by atoms with Crippen LogP contribution in [0.2, 0.25) is 0 Å². The number of aromatic nitrogens is 1. The summed E-state index contributed by atoms with van der Waals surface area (Å²) in [5, 5.41) is 2.75. The second-order valence-corrected chi connectivity index (χ2v) is 4.43. The van der Waals surface area contributed by atoms with E-state index in [-0.39, 0.29) is 5.91 Å². The predicted molar refractivity (Wildman–Crippen MR) is 79.9 cm³/mol. The maximum Gasteiger partial charge on any atom is 0.275 e. The fourth-order valence-corrected chi connectivity index (χ4v) is 1.96. The Morgan fingerprint density at radius 2 is 1.95 bits per heavy atom. The lowest BCUT2D eigenvalue weighted by Gasteiger charge is -2.02. The summed E-state index contributed by atoms with van der Waals surface area (Å²) in [5.74, 6) is 1.06. The quantitative estimate of drug-likeness (QED) is 0.874. The number of nitrogens with one attached hydrogen (secondary N) is 1. The van der Waals surface area contributed by atoms with Gasteiger partial charge in [-0.2, -0.15) is 0 Å². The van der Waals surface area contributed by atoms with Crippen molar-refractivity contribution in [1.82, 2.24) is 10.3 Å². The normalized spacial score (nSPS) is 15.8. The zero-order valence-electron chi connectivity index (χ0n) is 11.4. The van der Waals surface area contributed by atoms with E-state index in [1.54, 1.807) is 19.4 Å². The highest BCUT2D eigenvalue weighted by Gasteiger charge is 2.21. The molecule has 3 rings (SSSR count). The predicted octanol–water partition coefficient (Wildman–Crippen LogP) is 2.01. The molecule has 1 aromatic carbocycles. The van der Waals surface area contributed by atoms with Gasteiger partial charge >= 0.3 is 0 Å². The van der Waals surface area contributed by atoms with Crippen LogP contribution >= 0.6 is 0 Å². The third-order valence-corrected chi connectivity index (χ3v) is 3.03. The largest absolute Gasteiger partial charge is 0.497 e. The van der Waals surface area contributed by atoms with Gasteiger partial charge in [-0.3, -0.25) is 9.78 Å². The minimum Gasteiger partial charge on any atom is -0.497 e. The third-order valence-electron chi connectivity index (χ3n) is 3.03. The zero-order valence-corrected chi connectivity index (χ0v) is 11.4. The van der Waals surface area contributed by atoms with Gasteiger partial charge in [-0.1, -0.05) is 6.07 Å². The van der Waals surface area contributed by atoms with Crippen molar-refractivity contribution in [2.75, 3.05) is 7.11 Å². The molecule has 0 bridgehead atoms. The lowest BCUT2D eigenvalue weighted by molar-refractivity contribution is -0.115. The van der Waals surface area contributed by atoms with Gasteiger partial charge in [-0.25, -0.2) is 4.99 Å². The van der Waals surface area contributed by atoms with Crippen molar-refractivity contribution in [2.24, 2.45) is 4.99 Å². The lowest BCUT2D eigenvalue weighted by atomic mass is 10.2. The molecule has 1 N–H and O–H groups in total. The summed E-state index contributed by atoms with van der Waals surface area (Å²) in [6, 6.07) is 12.8. The minimum atomic E-state index is -0.230. The van der Waals surface area contributed by atoms with Crippen LogP contribution < -0.4 is 10.1 Å². The van der Waals surface area contributed by atoms with Crippen LogP contribution in [-0.4, -0.2) is 23.8 Å². The second kappa shape index (κ2) is 5.58. The molecule has 0 atom stereocenters. The van der Waals surface area contributed by atoms with Crippen molar-refractivity contribution in [3.8, 4) is 5.75 Å². The average molecular weight is 279 g/mol. The standard InChI is InChI=1S/C16H13N3O2/c1-21-13-7-5-11(6-8-13)15-18-14(16(20)19-15)10-12-4-2-3-9-17-12/h2-10H,1H3,(H,18,19,20)/b14-10+. The first-order valence-corrected chi connectivity index (χ1v) is 6.43. The van der Waals surface area contributed by atoms with Crippen LogP contribution in [0.3, 0.4) is 0 Å². The fraction of sp³-hybridized carbons (Fsp3) is 0.0625. The Balaban J connectivity index is 1.89. The summed E-state index contributed by atoms with van der Waals surface area (Å²) >= 11 is 0. The molecule has 104 valence electrons. The third kappa shape index (κ3) is 2.81. The van der Waals surface area contributed by atoms with Gasteiger partial charge < -0.3 is 10.1 Å². The van der Waals surface area contributed by atoms with Crippen LogP contribution in [0.5, 0.6) is 5.75 Å². The van der Waals surface area contributed by atoms with E-state index in [1.165, 1.54) is 0 Å². The maximum absolute atomic E-state index is 11.9. The van der Waals surface area contributed by atoms with Gasteiger partial charge in [0.2, 0.25) is 0 Å². The monoisotopic (exact) mass is 279 g/mol. The summed E-state index contributed by atoms with van der Waals surface area (Å²) in [5.41, 5.74) is 1.87. The van der Waals surface area contributed by atoms with E-state index in [9.17, 15) is 4.79 Å². The highest BCUT2D eigenvalue weighted by Crippen LogP contribution is 2.16. The number of rotatable bonds is 3. The van der Waals surface area contributed by atoms with Crippen molar-refractivity contribution >= 4 is 17.8 Å². The number of aliphatic imine (C=N–C) groups is 1. The molecule has 1 amide bonds. The van der Waals surface area contributed by atoms with Crippen molar-refractivity contribution in [3.05, 3.63) is 65.6 Å². The maximum atomic E-state index is 11.9. The number of pyridine rings is 1. The number of carbonyl (C=O) groups is 1. The molecule has 0 fully saturated rings. The van der Waals surface area contributed by atoms with Gasteiger partial charge in [0.05, 0.1) is 12.8 Å². The van der Waals surface area contributed by atoms with Gasteiger partial charge in [0.15, 0.2) is 0 Å². The number of nitrogens with zero attached hydrogens (tertiary/aromatic N) is 2. The van der Waals surface area contributed by atoms with Gasteiger partial charge in [0.1, 0.15) is 17.3 Å². The van der Waals surface area contributed by atoms with Crippen molar-refractivity contribution in [1.29, 1.82) is 0 Å². The van der Waals surface area contributed by atoms with Gasteiger partial charge in [0, 0.05) is 11.8 Å². The number of amides is 1. The molecule has 0 radical (unpaired) electrons. The molecule has 2 heterocycles. The lowest BCUT2D eigenvalue weighted by Crippen LogP contribution is -2.24. The molecule has 0 saturated heterocycles. The highest BCUT2D eigenvalue weighted by atomic mass is 16.5. The molecule has 0 aliphatic carbocycles. The number of ether oxygens (including phenoxy) is 1. The van der Waals surface area contributed by atoms with Crippen LogP contribution in [0.4, 0.5) is 0 Å². The Hall–Kier alpha value is -2.95. The van der Waals surface area contributed by atoms with Gasteiger partial charge in [-0.05, 0) is 42.5 Å². The van der Waals surface area contributed by atoms with E-state index in [0.29, 0.717) is 17.2 Å². The summed E-state index contributed by atoms with van der Waals surface area (Å²) in [7, 11) is 1.61. The SMILES string of the molecule is COc1ccc(C2=N/C(=C/c3ccccn3)C(=O)N2)cc1. The smallest absolute Gasteiger partial charge is 0.275 e. The Kier molecular flexibility index (Phi) is 3.47. The van der Waals surface area contributed by atoms with Crippen LogP contribution in [0.15, 0.2) is 59.4 Å². The first kappa shape index (κ1) is 13.1. The van der Waals surface area contributed by atoms with Gasteiger partial charge in [0.25, 0.3) is 5.91 Å². The first-order chi connectivity index (χ1) is 10.3. The Bertz CT molecular complexity index is 719. The van der Waals surface area contributed by atoms with Crippen molar-refractivity contribution in [2.45, 2.75) is 0 Å². The fourth-order valence-electron chi connectivity index (χ4n) is 1.96. The Morgan fingerprint density at radius 1 is 1.14 bits per heavy atom. The number of hydrogen-bond donors (Lipinski definition) is 1. The summed E-state index contributed by atoms with van der Waals surface area (Å²) in [6.07, 6.45) is 3.33. The van der Waals surface area contributed by atoms with Gasteiger partial charge in [-0.15, -0.1) is 0 Å². The van der Waals surface area contributed by atoms with Crippen LogP contribution in [0.25, 0.3) is 6.08 Å². The molecule has 1 aromatic heterocycles. The molecular formula is C16H13N3O2. The van der Waals surface area contributed by atoms with E-state index in [0.717, 1.165) is 11.3 Å². The topological polar surface area (TPSA) is 63.6 Å². The molecule has 5 heteroatoms. The molecule has 0 unspecified atom stereocenters. The summed E-state index contributed by atoms with van der Waals surface area (Å²) < 4.78 is 5.11. The average Bonchev–Trinajstić information content (AvgIpc) is 2.89. The molecule has 5 nitrogen and oxygen atoms in total. The van der Waals surface area contributed by atoms with Crippen LogP contribution in [0, 0.1) is 0 Å². The number of amidine groups is 1. The van der Waals surface area contributed by atoms with E-state index in [4.69, 9.17) is 4.74 Å². The Labute approximate surface area is 122 Å². The molecular weight excluding hydrogens is 266 g/mol. The second-order valence-electron chi connectivity index (χ2n) is 4.43. The molecule has 1 aliphatic rings. The van der Waals surface area contributed by atoms with Crippen LogP contribution in [0.1, 0.15) is 11.3 Å². The van der Waals surface area contributed by atoms with E-state index >= 15 is 0 Å². The highest BCUT2D eigenvalue weighted by molar-refractivity contribution is 6.19. The molecule has 2 aromatic rings. The van der Waals surface area contributed by atoms with Crippen molar-refractivity contribution < 1.29 is 9.53 Å². The first-order valence-electron chi connectivity index (χ1n) is 6.43. The van der Waals surface area contributed by atoms with Crippen LogP contribution in [-0.2, 0) is 4.79 Å². The molecule has 1 aliphatic heterocycles. The van der Waals surface area contributed by atoms with Crippen molar-refractivity contribution in [3.63, 3.8) is 0 Å². The summed E-state index contributed by atoms with van der Waals surface area (Å²) in [4.78, 5) is 20.4. The molecule has 0 saturated carbocycles. The summed E-state index contributed by atoms with van der Waals surface area (Å²) in [6.45, 7) is 0. The number of benzene rings is 1. The zero-order chi connectivity index (χ0) is 14.7. The Morgan fingerprint density at radius 3 is 2.62 bits per heavy atom. The molecule has 0 spiro atoms. The van der Waals surface area contributed by atoms with E-state index < -0.39 is 0 Å². The minimum absolute atomic E-state index is 0.230. The van der Waals surface area contributed by atoms with E-state index in [1.807, 2.05) is 42.5 Å². The number of methoxy groups -OCH3 is 1. The number of hydrogen-bond acceptors (Lipinski definition) is 4. The molecule has 21 heavy (non-hydrogen) atoms.